The number of alkyl halides is 3. The molecule has 2 aromatic rings. The topological polar surface area (TPSA) is 25.2 Å². The Bertz CT molecular complexity index is 598. The third-order valence-electron chi connectivity index (χ3n) is 2.21. The van der Waals surface area contributed by atoms with Crippen LogP contribution in [-0.2, 0) is 6.18 Å². The largest absolute Gasteiger partial charge is 0.433 e. The third kappa shape index (κ3) is 2.37. The summed E-state index contributed by atoms with van der Waals surface area (Å²) in [5, 5.41) is 0.952. The van der Waals surface area contributed by atoms with Crippen molar-refractivity contribution < 1.29 is 13.2 Å². The fraction of sp³-hybridized carbons (Fsp3) is 0.100. The van der Waals surface area contributed by atoms with Gasteiger partial charge in [-0.3, -0.25) is 0 Å². The zero-order valence-corrected chi connectivity index (χ0v) is 10.6. The molecule has 0 unspecified atom stereocenters. The molecule has 0 amide bonds. The molecule has 0 aliphatic rings. The highest BCUT2D eigenvalue weighted by Crippen LogP contribution is 2.34. The Morgan fingerprint density at radius 3 is 2.53 bits per heavy atom. The van der Waals surface area contributed by atoms with Crippen LogP contribution in [0, 0.1) is 0 Å². The molecule has 7 heteroatoms. The van der Waals surface area contributed by atoms with E-state index < -0.39 is 11.9 Å². The van der Waals surface area contributed by atoms with Gasteiger partial charge in [-0.05, 0) is 24.3 Å². The van der Waals surface area contributed by atoms with Crippen LogP contribution in [0.4, 0.5) is 18.9 Å². The van der Waals surface area contributed by atoms with E-state index >= 15 is 0 Å². The van der Waals surface area contributed by atoms with E-state index in [1.54, 1.807) is 6.07 Å². The second-order valence-electron chi connectivity index (χ2n) is 3.34. The molecule has 0 bridgehead atoms. The molecular formula is C10H6ClF3N2Si. The summed E-state index contributed by atoms with van der Waals surface area (Å²) in [5.74, 6) is 0. The van der Waals surface area contributed by atoms with Crippen molar-refractivity contribution in [3.05, 3.63) is 35.0 Å². The zero-order valence-electron chi connectivity index (χ0n) is 8.42. The van der Waals surface area contributed by atoms with Crippen molar-refractivity contribution in [3.8, 4) is 0 Å². The van der Waals surface area contributed by atoms with Gasteiger partial charge < -0.3 is 4.63 Å². The van der Waals surface area contributed by atoms with Crippen molar-refractivity contribution in [2.75, 3.05) is 0 Å². The predicted molar refractivity (Wildman–Crippen MR) is 62.4 cm³/mol. The SMILES string of the molecule is FC(F)(F)c1cc(N=[SiH2])c2cc(Cl)ccc2n1. The number of hydrogen-bond acceptors (Lipinski definition) is 2. The molecule has 0 fully saturated rings. The van der Waals surface area contributed by atoms with E-state index in [0.717, 1.165) is 6.07 Å². The number of benzene rings is 1. The monoisotopic (exact) mass is 274 g/mol. The van der Waals surface area contributed by atoms with Crippen molar-refractivity contribution in [1.82, 2.24) is 4.98 Å². The zero-order chi connectivity index (χ0) is 12.6. The lowest BCUT2D eigenvalue weighted by atomic mass is 10.1. The van der Waals surface area contributed by atoms with Crippen molar-refractivity contribution >= 4 is 38.2 Å². The Labute approximate surface area is 103 Å². The average Bonchev–Trinajstić information content (AvgIpc) is 2.26. The average molecular weight is 275 g/mol. The van der Waals surface area contributed by atoms with E-state index in [2.05, 4.69) is 9.62 Å². The van der Waals surface area contributed by atoms with Crippen molar-refractivity contribution in [2.24, 2.45) is 4.63 Å². The first-order chi connectivity index (χ1) is 7.91. The van der Waals surface area contributed by atoms with Crippen LogP contribution in [-0.4, -0.2) is 15.0 Å². The maximum Gasteiger partial charge on any atom is 0.433 e. The Hall–Kier alpha value is -1.27. The summed E-state index contributed by atoms with van der Waals surface area (Å²) in [5.41, 5.74) is -0.476. The van der Waals surface area contributed by atoms with Crippen molar-refractivity contribution in [2.45, 2.75) is 6.18 Å². The lowest BCUT2D eigenvalue weighted by Crippen LogP contribution is -2.07. The molecule has 0 saturated heterocycles. The molecule has 0 aliphatic heterocycles. The van der Waals surface area contributed by atoms with E-state index in [9.17, 15) is 13.2 Å². The maximum absolute atomic E-state index is 12.6. The van der Waals surface area contributed by atoms with Crippen LogP contribution >= 0.6 is 11.6 Å². The Kier molecular flexibility index (Phi) is 3.01. The number of aromatic nitrogens is 1. The van der Waals surface area contributed by atoms with Gasteiger partial charge >= 0.3 is 6.18 Å². The smallest absolute Gasteiger partial charge is 0.309 e. The molecule has 2 nitrogen and oxygen atoms in total. The van der Waals surface area contributed by atoms with Gasteiger partial charge in [0.2, 0.25) is 0 Å². The second kappa shape index (κ2) is 4.19. The number of halogens is 4. The molecule has 0 saturated carbocycles. The summed E-state index contributed by atoms with van der Waals surface area (Å²) < 4.78 is 41.6. The van der Waals surface area contributed by atoms with Crippen LogP contribution in [0.1, 0.15) is 5.69 Å². The number of hydrogen-bond donors (Lipinski definition) is 0. The molecule has 0 radical (unpaired) electrons. The highest BCUT2D eigenvalue weighted by molar-refractivity contribution is 6.31. The fourth-order valence-corrected chi connectivity index (χ4v) is 1.89. The molecule has 88 valence electrons. The standard InChI is InChI=1S/C10H6ClF3N2Si/c11-5-1-2-7-6(3-5)8(16-17)4-9(15-7)10(12,13)14/h1-4H,17H2. The number of fused-ring (bicyclic) bond motifs is 1. The minimum absolute atomic E-state index is 0.231. The minimum atomic E-state index is -4.48. The first kappa shape index (κ1) is 12.2. The number of nitrogens with zero attached hydrogens (tertiary/aromatic N) is 2. The van der Waals surface area contributed by atoms with Gasteiger partial charge in [0.05, 0.1) is 21.2 Å². The minimum Gasteiger partial charge on any atom is -0.309 e. The van der Waals surface area contributed by atoms with Crippen LogP contribution in [0.3, 0.4) is 0 Å². The van der Waals surface area contributed by atoms with Gasteiger partial charge in [-0.2, -0.15) is 13.2 Å². The second-order valence-corrected chi connectivity index (χ2v) is 4.10. The first-order valence-electron chi connectivity index (χ1n) is 4.56. The van der Waals surface area contributed by atoms with Crippen LogP contribution < -0.4 is 0 Å². The molecule has 17 heavy (non-hydrogen) atoms. The van der Waals surface area contributed by atoms with E-state index in [1.165, 1.54) is 22.2 Å². The lowest BCUT2D eigenvalue weighted by molar-refractivity contribution is -0.140. The molecule has 1 aromatic heterocycles. The first-order valence-corrected chi connectivity index (χ1v) is 5.57. The van der Waals surface area contributed by atoms with Crippen LogP contribution in [0.2, 0.25) is 5.02 Å². The highest BCUT2D eigenvalue weighted by Gasteiger charge is 2.33. The van der Waals surface area contributed by atoms with E-state index in [-0.39, 0.29) is 11.2 Å². The van der Waals surface area contributed by atoms with E-state index in [4.69, 9.17) is 11.6 Å². The molecule has 2 rings (SSSR count). The Balaban J connectivity index is 2.79. The van der Waals surface area contributed by atoms with Gasteiger partial charge in [-0.15, -0.1) is 0 Å². The molecule has 1 heterocycles. The fourth-order valence-electron chi connectivity index (χ4n) is 1.46. The molecule has 0 atom stereocenters. The third-order valence-corrected chi connectivity index (χ3v) is 2.79. The summed E-state index contributed by atoms with van der Waals surface area (Å²) in [7, 11) is 1.22. The maximum atomic E-state index is 12.6. The molecule has 0 spiro atoms. The van der Waals surface area contributed by atoms with E-state index in [1.807, 2.05) is 0 Å². The van der Waals surface area contributed by atoms with Gasteiger partial charge in [0.25, 0.3) is 0 Å². The van der Waals surface area contributed by atoms with Crippen LogP contribution in [0.15, 0.2) is 28.9 Å². The molecular weight excluding hydrogens is 269 g/mol. The van der Waals surface area contributed by atoms with Crippen LogP contribution in [0.25, 0.3) is 10.9 Å². The molecule has 1 aromatic carbocycles. The van der Waals surface area contributed by atoms with Gasteiger partial charge in [0, 0.05) is 10.4 Å². The summed E-state index contributed by atoms with van der Waals surface area (Å²) in [6.45, 7) is 0. The van der Waals surface area contributed by atoms with E-state index in [0.29, 0.717) is 10.4 Å². The quantitative estimate of drug-likeness (QED) is 0.732. The summed E-state index contributed by atoms with van der Waals surface area (Å²) in [6, 6.07) is 5.42. The Morgan fingerprint density at radius 2 is 1.94 bits per heavy atom. The summed E-state index contributed by atoms with van der Waals surface area (Å²) in [6.07, 6.45) is -4.48. The summed E-state index contributed by atoms with van der Waals surface area (Å²) >= 11 is 5.79. The molecule has 0 N–H and O–H groups in total. The van der Waals surface area contributed by atoms with Crippen molar-refractivity contribution in [1.29, 1.82) is 0 Å². The molecule has 0 aliphatic carbocycles. The summed E-state index contributed by atoms with van der Waals surface area (Å²) in [4.78, 5) is 3.56. The van der Waals surface area contributed by atoms with Crippen LogP contribution in [0.5, 0.6) is 0 Å². The van der Waals surface area contributed by atoms with Crippen molar-refractivity contribution in [3.63, 3.8) is 0 Å². The van der Waals surface area contributed by atoms with Gasteiger partial charge in [0.1, 0.15) is 5.69 Å². The number of rotatable bonds is 1. The lowest BCUT2D eigenvalue weighted by Gasteiger charge is -2.09. The predicted octanol–water partition coefficient (Wildman–Crippen LogP) is 3.36. The highest BCUT2D eigenvalue weighted by atomic mass is 35.5. The van der Waals surface area contributed by atoms with Gasteiger partial charge in [-0.1, -0.05) is 11.6 Å². The Morgan fingerprint density at radius 1 is 1.24 bits per heavy atom. The van der Waals surface area contributed by atoms with Gasteiger partial charge in [-0.25, -0.2) is 4.98 Å². The van der Waals surface area contributed by atoms with Gasteiger partial charge in [0.15, 0.2) is 0 Å². The number of pyridine rings is 1. The normalized spacial score (nSPS) is 11.8.